The van der Waals surface area contributed by atoms with Crippen LogP contribution in [0.1, 0.15) is 31.7 Å². The fourth-order valence-corrected chi connectivity index (χ4v) is 3.33. The minimum Gasteiger partial charge on any atom is -0.481 e. The van der Waals surface area contributed by atoms with Crippen molar-refractivity contribution < 1.29 is 14.6 Å². The third kappa shape index (κ3) is 3.27. The van der Waals surface area contributed by atoms with Gasteiger partial charge in [0.15, 0.2) is 0 Å². The molecule has 1 atom stereocenters. The second-order valence-electron chi connectivity index (χ2n) is 5.81. The van der Waals surface area contributed by atoms with Crippen LogP contribution < -0.4 is 0 Å². The Balaban J connectivity index is 2.13. The molecular weight excluding hydrogens is 266 g/mol. The summed E-state index contributed by atoms with van der Waals surface area (Å²) in [6.45, 7) is 4.48. The van der Waals surface area contributed by atoms with Gasteiger partial charge in [-0.15, -0.1) is 0 Å². The highest BCUT2D eigenvalue weighted by atomic mass is 16.5. The summed E-state index contributed by atoms with van der Waals surface area (Å²) >= 11 is 0. The van der Waals surface area contributed by atoms with Crippen LogP contribution in [0.3, 0.4) is 0 Å². The number of carbonyl (C=O) groups is 1. The van der Waals surface area contributed by atoms with Crippen molar-refractivity contribution in [2.45, 2.75) is 37.6 Å². The number of ether oxygens (including phenoxy) is 1. The molecule has 2 rings (SSSR count). The van der Waals surface area contributed by atoms with E-state index in [2.05, 4.69) is 11.8 Å². The molecule has 1 fully saturated rings. The van der Waals surface area contributed by atoms with Gasteiger partial charge in [-0.3, -0.25) is 9.69 Å². The number of benzene rings is 1. The minimum atomic E-state index is -0.733. The van der Waals surface area contributed by atoms with Gasteiger partial charge in [0.25, 0.3) is 0 Å². The van der Waals surface area contributed by atoms with Gasteiger partial charge in [0.2, 0.25) is 0 Å². The van der Waals surface area contributed by atoms with Crippen LogP contribution in [0.5, 0.6) is 0 Å². The summed E-state index contributed by atoms with van der Waals surface area (Å²) in [5, 5.41) is 9.78. The van der Waals surface area contributed by atoms with Crippen LogP contribution in [0.15, 0.2) is 30.3 Å². The van der Waals surface area contributed by atoms with Gasteiger partial charge in [-0.05, 0) is 37.9 Å². The summed E-state index contributed by atoms with van der Waals surface area (Å²) in [7, 11) is 1.72. The zero-order chi connectivity index (χ0) is 15.3. The van der Waals surface area contributed by atoms with Crippen LogP contribution in [0, 0.1) is 0 Å². The Hall–Kier alpha value is -1.39. The second-order valence-corrected chi connectivity index (χ2v) is 5.81. The topological polar surface area (TPSA) is 49.8 Å². The summed E-state index contributed by atoms with van der Waals surface area (Å²) in [6.07, 6.45) is 2.35. The molecule has 0 amide bonds. The smallest absolute Gasteiger partial charge is 0.314 e. The van der Waals surface area contributed by atoms with E-state index in [1.54, 1.807) is 7.11 Å². The summed E-state index contributed by atoms with van der Waals surface area (Å²) in [5.74, 6) is -0.701. The summed E-state index contributed by atoms with van der Waals surface area (Å²) < 4.78 is 5.27. The molecule has 0 aliphatic carbocycles. The predicted octanol–water partition coefficient (Wildman–Crippen LogP) is 2.53. The first kappa shape index (κ1) is 16.0. The fraction of sp³-hybridized carbons (Fsp3) is 0.588. The number of hydrogen-bond acceptors (Lipinski definition) is 3. The number of likely N-dealkylation sites (tertiary alicyclic amines) is 1. The van der Waals surface area contributed by atoms with Crippen molar-refractivity contribution in [3.63, 3.8) is 0 Å². The Morgan fingerprint density at radius 3 is 2.43 bits per heavy atom. The molecule has 0 radical (unpaired) electrons. The zero-order valence-corrected chi connectivity index (χ0v) is 12.9. The monoisotopic (exact) mass is 291 g/mol. The van der Waals surface area contributed by atoms with E-state index < -0.39 is 11.4 Å². The quantitative estimate of drug-likeness (QED) is 0.875. The van der Waals surface area contributed by atoms with Crippen LogP contribution in [0.4, 0.5) is 0 Å². The Labute approximate surface area is 126 Å². The maximum atomic E-state index is 11.9. The largest absolute Gasteiger partial charge is 0.481 e. The molecule has 4 nitrogen and oxygen atoms in total. The maximum Gasteiger partial charge on any atom is 0.314 e. The van der Waals surface area contributed by atoms with Crippen molar-refractivity contribution in [2.24, 2.45) is 0 Å². The van der Waals surface area contributed by atoms with Gasteiger partial charge in [0.1, 0.15) is 0 Å². The highest BCUT2D eigenvalue weighted by Crippen LogP contribution is 2.36. The molecule has 1 heterocycles. The van der Waals surface area contributed by atoms with Gasteiger partial charge in [-0.2, -0.15) is 0 Å². The van der Waals surface area contributed by atoms with Crippen molar-refractivity contribution in [3.8, 4) is 0 Å². The number of carboxylic acids is 1. The van der Waals surface area contributed by atoms with E-state index >= 15 is 0 Å². The Bertz CT molecular complexity index is 452. The van der Waals surface area contributed by atoms with Crippen LogP contribution >= 0.6 is 0 Å². The molecule has 1 unspecified atom stereocenters. The van der Waals surface area contributed by atoms with Crippen molar-refractivity contribution in [1.82, 2.24) is 4.90 Å². The average molecular weight is 291 g/mol. The Morgan fingerprint density at radius 1 is 1.33 bits per heavy atom. The number of rotatable bonds is 6. The number of piperidine rings is 1. The molecule has 21 heavy (non-hydrogen) atoms. The zero-order valence-electron chi connectivity index (χ0n) is 12.9. The molecule has 4 heteroatoms. The van der Waals surface area contributed by atoms with E-state index in [-0.39, 0.29) is 0 Å². The second kappa shape index (κ2) is 7.05. The van der Waals surface area contributed by atoms with Crippen LogP contribution in [0.25, 0.3) is 0 Å². The van der Waals surface area contributed by atoms with Gasteiger partial charge in [-0.1, -0.05) is 37.3 Å². The standard InChI is InChI=1S/C17H25NO3/c1-3-15(13-21-2)18-11-9-17(10-12-18,16(19)20)14-7-5-4-6-8-14/h4-8,15H,3,9-13H2,1-2H3,(H,19,20). The third-order valence-electron chi connectivity index (χ3n) is 4.73. The number of aliphatic carboxylic acids is 1. The summed E-state index contributed by atoms with van der Waals surface area (Å²) in [4.78, 5) is 14.3. The fourth-order valence-electron chi connectivity index (χ4n) is 3.33. The minimum absolute atomic E-state index is 0.387. The highest BCUT2D eigenvalue weighted by molar-refractivity contribution is 5.81. The molecule has 0 spiro atoms. The van der Waals surface area contributed by atoms with Crippen LogP contribution in [0.2, 0.25) is 0 Å². The first-order valence-corrected chi connectivity index (χ1v) is 7.66. The third-order valence-corrected chi connectivity index (χ3v) is 4.73. The lowest BCUT2D eigenvalue weighted by Crippen LogP contribution is -2.51. The molecule has 116 valence electrons. The average Bonchev–Trinajstić information content (AvgIpc) is 2.53. The van der Waals surface area contributed by atoms with E-state index in [4.69, 9.17) is 4.74 Å². The van der Waals surface area contributed by atoms with Gasteiger partial charge in [0.05, 0.1) is 12.0 Å². The van der Waals surface area contributed by atoms with E-state index in [9.17, 15) is 9.90 Å². The molecule has 1 aromatic carbocycles. The van der Waals surface area contributed by atoms with Gasteiger partial charge >= 0.3 is 5.97 Å². The molecule has 0 aromatic heterocycles. The first-order valence-electron chi connectivity index (χ1n) is 7.66. The molecule has 0 saturated carbocycles. The van der Waals surface area contributed by atoms with E-state index in [1.807, 2.05) is 30.3 Å². The molecule has 1 aliphatic rings. The van der Waals surface area contributed by atoms with Gasteiger partial charge < -0.3 is 9.84 Å². The number of hydrogen-bond donors (Lipinski definition) is 1. The Morgan fingerprint density at radius 2 is 1.95 bits per heavy atom. The van der Waals surface area contributed by atoms with Crippen LogP contribution in [-0.4, -0.2) is 48.8 Å². The van der Waals surface area contributed by atoms with Crippen molar-refractivity contribution in [2.75, 3.05) is 26.8 Å². The Kier molecular flexibility index (Phi) is 5.37. The van der Waals surface area contributed by atoms with E-state index in [0.29, 0.717) is 25.5 Å². The number of methoxy groups -OCH3 is 1. The maximum absolute atomic E-state index is 11.9. The normalized spacial score (nSPS) is 20.1. The number of carboxylic acid groups (broad SMARTS) is 1. The lowest BCUT2D eigenvalue weighted by Gasteiger charge is -2.42. The molecule has 0 bridgehead atoms. The SMILES string of the molecule is CCC(COC)N1CCC(C(=O)O)(c2ccccc2)CC1. The van der Waals surface area contributed by atoms with Crippen molar-refractivity contribution in [3.05, 3.63) is 35.9 Å². The molecule has 1 N–H and O–H groups in total. The number of nitrogens with zero attached hydrogens (tertiary/aromatic N) is 1. The van der Waals surface area contributed by atoms with Crippen molar-refractivity contribution in [1.29, 1.82) is 0 Å². The lowest BCUT2D eigenvalue weighted by atomic mass is 9.72. The predicted molar refractivity (Wildman–Crippen MR) is 82.5 cm³/mol. The first-order chi connectivity index (χ1) is 10.1. The molecule has 1 aromatic rings. The molecule has 1 aliphatic heterocycles. The van der Waals surface area contributed by atoms with Gasteiger partial charge in [0, 0.05) is 13.2 Å². The lowest BCUT2D eigenvalue weighted by molar-refractivity contribution is -0.146. The summed E-state index contributed by atoms with van der Waals surface area (Å²) in [6, 6.07) is 10.0. The van der Waals surface area contributed by atoms with E-state index in [0.717, 1.165) is 25.1 Å². The van der Waals surface area contributed by atoms with E-state index in [1.165, 1.54) is 0 Å². The highest BCUT2D eigenvalue weighted by Gasteiger charge is 2.43. The molecule has 1 saturated heterocycles. The summed E-state index contributed by atoms with van der Waals surface area (Å²) in [5.41, 5.74) is 0.195. The van der Waals surface area contributed by atoms with Crippen LogP contribution in [-0.2, 0) is 14.9 Å². The van der Waals surface area contributed by atoms with Gasteiger partial charge in [-0.25, -0.2) is 0 Å². The molecular formula is C17H25NO3. The van der Waals surface area contributed by atoms with Crippen molar-refractivity contribution >= 4 is 5.97 Å².